The van der Waals surface area contributed by atoms with Gasteiger partial charge >= 0.3 is 6.43 Å². The van der Waals surface area contributed by atoms with Crippen LogP contribution in [0.2, 0.25) is 0 Å². The van der Waals surface area contributed by atoms with E-state index in [0.717, 1.165) is 10.7 Å². The summed E-state index contributed by atoms with van der Waals surface area (Å²) in [6.07, 6.45) is 1.82. The van der Waals surface area contributed by atoms with E-state index >= 15 is 0 Å². The average Bonchev–Trinajstić information content (AvgIpc) is 3.24. The first-order chi connectivity index (χ1) is 11.6. The predicted molar refractivity (Wildman–Crippen MR) is 81.4 cm³/mol. The minimum Gasteiger partial charge on any atom is -0.414 e. The molecule has 0 amide bonds. The van der Waals surface area contributed by atoms with E-state index in [1.54, 1.807) is 12.3 Å². The van der Waals surface area contributed by atoms with Crippen LogP contribution in [-0.4, -0.2) is 27.2 Å². The molecule has 0 saturated carbocycles. The Balaban J connectivity index is 1.74. The number of nitrogens with zero attached hydrogens (tertiary/aromatic N) is 6. The van der Waals surface area contributed by atoms with Gasteiger partial charge in [-0.15, -0.1) is 21.5 Å². The minimum atomic E-state index is -2.80. The Morgan fingerprint density at radius 1 is 1.33 bits per heavy atom. The quantitative estimate of drug-likeness (QED) is 0.700. The van der Waals surface area contributed by atoms with Crippen molar-refractivity contribution >= 4 is 17.0 Å². The molecule has 122 valence electrons. The Labute approximate surface area is 139 Å². The van der Waals surface area contributed by atoms with Crippen molar-refractivity contribution < 1.29 is 13.2 Å². The Hall–Kier alpha value is -2.93. The highest BCUT2D eigenvalue weighted by Gasteiger charge is 2.18. The lowest BCUT2D eigenvalue weighted by Gasteiger charge is -2.17. The molecule has 7 nitrogen and oxygen atoms in total. The van der Waals surface area contributed by atoms with Crippen molar-refractivity contribution in [3.8, 4) is 16.8 Å². The summed E-state index contributed by atoms with van der Waals surface area (Å²) >= 11 is 1.26. The maximum absolute atomic E-state index is 12.5. The number of nitriles is 1. The monoisotopic (exact) mass is 348 g/mol. The summed E-state index contributed by atoms with van der Waals surface area (Å²) in [5, 5.41) is 16.5. The molecule has 0 spiro atoms. The zero-order valence-electron chi connectivity index (χ0n) is 12.3. The number of pyridine rings is 1. The van der Waals surface area contributed by atoms with Crippen LogP contribution in [0.5, 0.6) is 0 Å². The van der Waals surface area contributed by atoms with Crippen molar-refractivity contribution in [2.24, 2.45) is 0 Å². The first-order valence-corrected chi connectivity index (χ1v) is 7.51. The van der Waals surface area contributed by atoms with Crippen molar-refractivity contribution in [3.05, 3.63) is 41.1 Å². The van der Waals surface area contributed by atoms with Gasteiger partial charge in [-0.1, -0.05) is 0 Å². The molecule has 3 rings (SSSR count). The lowest BCUT2D eigenvalue weighted by Crippen LogP contribution is -2.16. The summed E-state index contributed by atoms with van der Waals surface area (Å²) in [6.45, 7) is 0.455. The number of anilines is 1. The summed E-state index contributed by atoms with van der Waals surface area (Å²) in [4.78, 5) is 10.6. The maximum atomic E-state index is 12.5. The van der Waals surface area contributed by atoms with Crippen LogP contribution >= 0.6 is 11.3 Å². The molecule has 3 heterocycles. The van der Waals surface area contributed by atoms with Gasteiger partial charge in [0, 0.05) is 13.2 Å². The lowest BCUT2D eigenvalue weighted by molar-refractivity contribution is 0.116. The first-order valence-electron chi connectivity index (χ1n) is 6.69. The van der Waals surface area contributed by atoms with E-state index in [4.69, 9.17) is 9.68 Å². The fourth-order valence-corrected chi connectivity index (χ4v) is 2.79. The van der Waals surface area contributed by atoms with Gasteiger partial charge < -0.3 is 9.32 Å². The Bertz CT molecular complexity index is 887. The van der Waals surface area contributed by atoms with Gasteiger partial charge in [0.1, 0.15) is 16.0 Å². The highest BCUT2D eigenvalue weighted by molar-refractivity contribution is 7.15. The van der Waals surface area contributed by atoms with Gasteiger partial charge in [0.2, 0.25) is 0 Å². The van der Waals surface area contributed by atoms with Crippen LogP contribution in [0.15, 0.2) is 29.1 Å². The van der Waals surface area contributed by atoms with Gasteiger partial charge in [0.05, 0.1) is 30.2 Å². The average molecular weight is 348 g/mol. The van der Waals surface area contributed by atoms with Crippen LogP contribution in [-0.2, 0) is 6.54 Å². The third kappa shape index (κ3) is 3.36. The van der Waals surface area contributed by atoms with Gasteiger partial charge in [-0.2, -0.15) is 14.0 Å². The molecular formula is C14H10F2N6OS. The van der Waals surface area contributed by atoms with Crippen molar-refractivity contribution in [1.82, 2.24) is 20.2 Å². The molecule has 0 aliphatic heterocycles. The Morgan fingerprint density at radius 2 is 2.17 bits per heavy atom. The van der Waals surface area contributed by atoms with E-state index in [2.05, 4.69) is 20.2 Å². The zero-order chi connectivity index (χ0) is 17.1. The van der Waals surface area contributed by atoms with E-state index in [9.17, 15) is 8.78 Å². The molecule has 3 aromatic heterocycles. The van der Waals surface area contributed by atoms with Gasteiger partial charge in [-0.3, -0.25) is 4.98 Å². The first kappa shape index (κ1) is 15.9. The molecule has 0 aliphatic rings. The van der Waals surface area contributed by atoms with E-state index in [1.165, 1.54) is 23.7 Å². The molecule has 10 heteroatoms. The molecule has 0 radical (unpaired) electrons. The number of halogens is 2. The molecule has 0 unspecified atom stereocenters. The van der Waals surface area contributed by atoms with E-state index in [1.807, 2.05) is 18.0 Å². The fourth-order valence-electron chi connectivity index (χ4n) is 1.90. The van der Waals surface area contributed by atoms with Crippen LogP contribution in [0.4, 0.5) is 14.5 Å². The molecule has 0 aromatic carbocycles. The largest absolute Gasteiger partial charge is 0.414 e. The third-order valence-electron chi connectivity index (χ3n) is 3.06. The summed E-state index contributed by atoms with van der Waals surface area (Å²) in [6, 6.07) is 3.75. The number of hydrogen-bond donors (Lipinski definition) is 0. The molecule has 0 saturated heterocycles. The minimum absolute atomic E-state index is 0.0184. The molecule has 24 heavy (non-hydrogen) atoms. The van der Waals surface area contributed by atoms with Crippen LogP contribution < -0.4 is 4.90 Å². The van der Waals surface area contributed by atoms with Gasteiger partial charge in [0.15, 0.2) is 0 Å². The van der Waals surface area contributed by atoms with Crippen LogP contribution in [0, 0.1) is 11.3 Å². The summed E-state index contributed by atoms with van der Waals surface area (Å²) in [5.41, 5.74) is 1.23. The molecule has 0 aliphatic carbocycles. The smallest absolute Gasteiger partial charge is 0.314 e. The lowest BCUT2D eigenvalue weighted by atomic mass is 10.3. The predicted octanol–water partition coefficient (Wildman–Crippen LogP) is 3.03. The number of thiazole rings is 1. The summed E-state index contributed by atoms with van der Waals surface area (Å²) in [5.74, 6) is -0.693. The molecule has 3 aromatic rings. The summed E-state index contributed by atoms with van der Waals surface area (Å²) in [7, 11) is 1.83. The van der Waals surface area contributed by atoms with Crippen LogP contribution in [0.1, 0.15) is 22.9 Å². The second-order valence-electron chi connectivity index (χ2n) is 4.76. The van der Waals surface area contributed by atoms with Gasteiger partial charge in [-0.05, 0) is 6.07 Å². The molecule has 0 fully saturated rings. The molecule has 0 atom stereocenters. The fraction of sp³-hybridized carbons (Fsp3) is 0.214. The molecular weight excluding hydrogens is 338 g/mol. The van der Waals surface area contributed by atoms with Crippen molar-refractivity contribution in [3.63, 3.8) is 0 Å². The summed E-state index contributed by atoms with van der Waals surface area (Å²) < 4.78 is 29.9. The Morgan fingerprint density at radius 3 is 2.88 bits per heavy atom. The SMILES string of the molecule is CN(Cc1ncc(-c2nnc(C(F)F)o2)s1)c1cncc(C#N)c1. The van der Waals surface area contributed by atoms with Crippen LogP contribution in [0.25, 0.3) is 10.8 Å². The van der Waals surface area contributed by atoms with E-state index in [-0.39, 0.29) is 5.89 Å². The number of rotatable bonds is 5. The van der Waals surface area contributed by atoms with Gasteiger partial charge in [0.25, 0.3) is 11.8 Å². The third-order valence-corrected chi connectivity index (χ3v) is 4.03. The maximum Gasteiger partial charge on any atom is 0.314 e. The van der Waals surface area contributed by atoms with E-state index < -0.39 is 12.3 Å². The number of alkyl halides is 2. The van der Waals surface area contributed by atoms with Crippen molar-refractivity contribution in [2.45, 2.75) is 13.0 Å². The normalized spacial score (nSPS) is 10.8. The van der Waals surface area contributed by atoms with E-state index in [0.29, 0.717) is 17.0 Å². The number of hydrogen-bond acceptors (Lipinski definition) is 8. The molecule has 0 N–H and O–H groups in total. The zero-order valence-corrected chi connectivity index (χ0v) is 13.2. The highest BCUT2D eigenvalue weighted by atomic mass is 32.1. The standard InChI is InChI=1S/C14H10F2N6OS/c1-22(9-2-8(3-17)4-18-5-9)7-11-19-6-10(24-11)13-20-21-14(23-13)12(15)16/h2,4-6,12H,7H2,1H3. The second-order valence-corrected chi connectivity index (χ2v) is 5.88. The van der Waals surface area contributed by atoms with Crippen molar-refractivity contribution in [2.75, 3.05) is 11.9 Å². The topological polar surface area (TPSA) is 91.7 Å². The van der Waals surface area contributed by atoms with Gasteiger partial charge in [-0.25, -0.2) is 4.98 Å². The molecule has 0 bridgehead atoms. The van der Waals surface area contributed by atoms with Crippen molar-refractivity contribution in [1.29, 1.82) is 5.26 Å². The van der Waals surface area contributed by atoms with Crippen LogP contribution in [0.3, 0.4) is 0 Å². The number of aromatic nitrogens is 4. The Kier molecular flexibility index (Phi) is 4.43. The second kappa shape index (κ2) is 6.67. The highest BCUT2D eigenvalue weighted by Crippen LogP contribution is 2.28.